The highest BCUT2D eigenvalue weighted by atomic mass is 35.5. The molecule has 0 aliphatic heterocycles. The number of aryl methyl sites for hydroxylation is 1. The minimum Gasteiger partial charge on any atom is -0.494 e. The van der Waals surface area contributed by atoms with Gasteiger partial charge < -0.3 is 9.84 Å². The summed E-state index contributed by atoms with van der Waals surface area (Å²) in [6.45, 7) is 1.98. The number of thiazole rings is 1. The van der Waals surface area contributed by atoms with Crippen molar-refractivity contribution in [2.24, 2.45) is 0 Å². The highest BCUT2D eigenvalue weighted by molar-refractivity contribution is 7.19. The zero-order valence-corrected chi connectivity index (χ0v) is 10.9. The molecule has 1 N–H and O–H groups in total. The molecule has 17 heavy (non-hydrogen) atoms. The third-order valence-corrected chi connectivity index (χ3v) is 3.84. The first-order valence-electron chi connectivity index (χ1n) is 4.97. The maximum absolute atomic E-state index is 11.1. The third kappa shape index (κ3) is 1.96. The summed E-state index contributed by atoms with van der Waals surface area (Å²) in [6.07, 6.45) is 0.779. The number of rotatable bonds is 3. The van der Waals surface area contributed by atoms with Crippen LogP contribution < -0.4 is 4.74 Å². The lowest BCUT2D eigenvalue weighted by molar-refractivity contribution is 0.0693. The van der Waals surface area contributed by atoms with Crippen LogP contribution in [0.25, 0.3) is 10.2 Å². The summed E-state index contributed by atoms with van der Waals surface area (Å²) in [5.74, 6) is -0.730. The van der Waals surface area contributed by atoms with Crippen molar-refractivity contribution < 1.29 is 14.6 Å². The minimum absolute atomic E-state index is 0.0660. The van der Waals surface area contributed by atoms with E-state index in [0.29, 0.717) is 21.0 Å². The Morgan fingerprint density at radius 3 is 2.88 bits per heavy atom. The third-order valence-electron chi connectivity index (χ3n) is 2.36. The van der Waals surface area contributed by atoms with Crippen molar-refractivity contribution in [3.63, 3.8) is 0 Å². The summed E-state index contributed by atoms with van der Waals surface area (Å²) in [6, 6.07) is 1.38. The Bertz CT molecular complexity index is 594. The molecule has 1 aromatic carbocycles. The van der Waals surface area contributed by atoms with Crippen molar-refractivity contribution in [3.05, 3.63) is 21.7 Å². The largest absolute Gasteiger partial charge is 0.494 e. The van der Waals surface area contributed by atoms with Gasteiger partial charge in [0.2, 0.25) is 0 Å². The van der Waals surface area contributed by atoms with Gasteiger partial charge in [-0.3, -0.25) is 0 Å². The highest BCUT2D eigenvalue weighted by Gasteiger charge is 2.20. The number of hydrogen-bond acceptors (Lipinski definition) is 4. The van der Waals surface area contributed by atoms with Gasteiger partial charge in [0.15, 0.2) is 5.75 Å². The number of nitrogens with zero attached hydrogens (tertiary/aromatic N) is 1. The summed E-state index contributed by atoms with van der Waals surface area (Å²) in [5, 5.41) is 10.3. The molecule has 0 saturated heterocycles. The molecule has 2 rings (SSSR count). The van der Waals surface area contributed by atoms with E-state index in [4.69, 9.17) is 21.4 Å². The second kappa shape index (κ2) is 4.50. The Morgan fingerprint density at radius 2 is 2.35 bits per heavy atom. The van der Waals surface area contributed by atoms with E-state index in [2.05, 4.69) is 4.98 Å². The van der Waals surface area contributed by atoms with Crippen molar-refractivity contribution in [3.8, 4) is 5.75 Å². The number of halogens is 1. The molecule has 0 radical (unpaired) electrons. The smallest absolute Gasteiger partial charge is 0.339 e. The van der Waals surface area contributed by atoms with E-state index >= 15 is 0 Å². The van der Waals surface area contributed by atoms with E-state index in [1.165, 1.54) is 24.5 Å². The molecule has 0 amide bonds. The predicted octanol–water partition coefficient (Wildman–Crippen LogP) is 3.22. The molecule has 6 heteroatoms. The van der Waals surface area contributed by atoms with Gasteiger partial charge in [0, 0.05) is 0 Å². The number of ether oxygens (including phenoxy) is 1. The molecule has 1 heterocycles. The van der Waals surface area contributed by atoms with Gasteiger partial charge in [-0.1, -0.05) is 18.5 Å². The molecular formula is C11H10ClNO3S. The number of carbonyl (C=O) groups is 1. The van der Waals surface area contributed by atoms with E-state index in [0.717, 1.165) is 11.4 Å². The van der Waals surface area contributed by atoms with Gasteiger partial charge in [-0.15, -0.1) is 11.3 Å². The normalized spacial score (nSPS) is 10.8. The first-order chi connectivity index (χ1) is 8.08. The topological polar surface area (TPSA) is 59.4 Å². The summed E-state index contributed by atoms with van der Waals surface area (Å²) in [7, 11) is 1.44. The summed E-state index contributed by atoms with van der Waals surface area (Å²) < 4.78 is 5.85. The monoisotopic (exact) mass is 271 g/mol. The lowest BCUT2D eigenvalue weighted by atomic mass is 10.2. The molecule has 0 spiro atoms. The van der Waals surface area contributed by atoms with Gasteiger partial charge >= 0.3 is 5.97 Å². The Morgan fingerprint density at radius 1 is 1.65 bits per heavy atom. The molecule has 0 aliphatic rings. The van der Waals surface area contributed by atoms with E-state index in [9.17, 15) is 4.79 Å². The fourth-order valence-corrected chi connectivity index (χ4v) is 2.93. The molecule has 0 saturated carbocycles. The first-order valence-corrected chi connectivity index (χ1v) is 6.17. The van der Waals surface area contributed by atoms with Crippen LogP contribution in [-0.2, 0) is 6.42 Å². The molecule has 0 aliphatic carbocycles. The second-order valence-electron chi connectivity index (χ2n) is 3.38. The average molecular weight is 272 g/mol. The molecule has 1 aromatic heterocycles. The van der Waals surface area contributed by atoms with Crippen LogP contribution in [0, 0.1) is 0 Å². The summed E-state index contributed by atoms with van der Waals surface area (Å²) >= 11 is 7.44. The molecule has 90 valence electrons. The van der Waals surface area contributed by atoms with Crippen LogP contribution in [-0.4, -0.2) is 23.2 Å². The van der Waals surface area contributed by atoms with E-state index in [-0.39, 0.29) is 5.56 Å². The average Bonchev–Trinajstić information content (AvgIpc) is 2.73. The van der Waals surface area contributed by atoms with Crippen molar-refractivity contribution in [1.29, 1.82) is 0 Å². The molecule has 2 aromatic rings. The number of carboxylic acids is 1. The standard InChI is InChI=1S/C11H10ClNO3S/c1-3-7-13-8-6(12)4-5(11(14)15)9(16-2)10(8)17-7/h4H,3H2,1-2H3,(H,14,15). The van der Waals surface area contributed by atoms with Crippen LogP contribution in [0.1, 0.15) is 22.3 Å². The second-order valence-corrected chi connectivity index (χ2v) is 4.87. The number of aromatic nitrogens is 1. The number of methoxy groups -OCH3 is 1. The number of benzene rings is 1. The number of fused-ring (bicyclic) bond motifs is 1. The lowest BCUT2D eigenvalue weighted by Crippen LogP contribution is -2.00. The van der Waals surface area contributed by atoms with Crippen LogP contribution in [0.4, 0.5) is 0 Å². The summed E-state index contributed by atoms with van der Waals surface area (Å²) in [4.78, 5) is 15.5. The van der Waals surface area contributed by atoms with Crippen LogP contribution in [0.15, 0.2) is 6.07 Å². The van der Waals surface area contributed by atoms with Gasteiger partial charge in [0.05, 0.1) is 21.8 Å². The van der Waals surface area contributed by atoms with Gasteiger partial charge in [-0.25, -0.2) is 9.78 Å². The summed E-state index contributed by atoms with van der Waals surface area (Å²) in [5.41, 5.74) is 0.673. The van der Waals surface area contributed by atoms with E-state index in [1.807, 2.05) is 6.92 Å². The van der Waals surface area contributed by atoms with Gasteiger partial charge in [-0.2, -0.15) is 0 Å². The lowest BCUT2D eigenvalue weighted by Gasteiger charge is -2.06. The van der Waals surface area contributed by atoms with E-state index < -0.39 is 5.97 Å². The molecule has 4 nitrogen and oxygen atoms in total. The number of carboxylic acid groups (broad SMARTS) is 1. The maximum atomic E-state index is 11.1. The SMILES string of the molecule is CCc1nc2c(Cl)cc(C(=O)O)c(OC)c2s1. The van der Waals surface area contributed by atoms with Crippen molar-refractivity contribution in [1.82, 2.24) is 4.98 Å². The Balaban J connectivity index is 2.83. The van der Waals surface area contributed by atoms with Gasteiger partial charge in [0.1, 0.15) is 11.1 Å². The quantitative estimate of drug-likeness (QED) is 0.931. The van der Waals surface area contributed by atoms with Crippen LogP contribution >= 0.6 is 22.9 Å². The minimum atomic E-state index is -1.06. The van der Waals surface area contributed by atoms with Crippen LogP contribution in [0.5, 0.6) is 5.75 Å². The Labute approximate surface area is 107 Å². The van der Waals surface area contributed by atoms with Crippen LogP contribution in [0.2, 0.25) is 5.02 Å². The first kappa shape index (κ1) is 12.1. The molecule has 0 bridgehead atoms. The molecule has 0 atom stereocenters. The zero-order chi connectivity index (χ0) is 12.6. The molecule has 0 unspecified atom stereocenters. The molecular weight excluding hydrogens is 262 g/mol. The van der Waals surface area contributed by atoms with Gasteiger partial charge in [-0.05, 0) is 12.5 Å². The number of hydrogen-bond donors (Lipinski definition) is 1. The van der Waals surface area contributed by atoms with Crippen LogP contribution in [0.3, 0.4) is 0 Å². The molecule has 0 fully saturated rings. The fraction of sp³-hybridized carbons (Fsp3) is 0.273. The van der Waals surface area contributed by atoms with Crippen molar-refractivity contribution in [2.45, 2.75) is 13.3 Å². The zero-order valence-electron chi connectivity index (χ0n) is 9.28. The fourth-order valence-electron chi connectivity index (χ4n) is 1.58. The highest BCUT2D eigenvalue weighted by Crippen LogP contribution is 2.38. The van der Waals surface area contributed by atoms with Crippen molar-refractivity contribution in [2.75, 3.05) is 7.11 Å². The Hall–Kier alpha value is -1.33. The predicted molar refractivity (Wildman–Crippen MR) is 67.5 cm³/mol. The Kier molecular flexibility index (Phi) is 3.22. The number of aromatic carboxylic acids is 1. The van der Waals surface area contributed by atoms with Gasteiger partial charge in [0.25, 0.3) is 0 Å². The van der Waals surface area contributed by atoms with Crippen molar-refractivity contribution >= 4 is 39.1 Å². The van der Waals surface area contributed by atoms with E-state index in [1.54, 1.807) is 0 Å². The maximum Gasteiger partial charge on any atom is 0.339 e.